The molecule has 0 atom stereocenters. The van der Waals surface area contributed by atoms with Gasteiger partial charge in [0.15, 0.2) is 0 Å². The van der Waals surface area contributed by atoms with Crippen LogP contribution in [0.2, 0.25) is 0 Å². The van der Waals surface area contributed by atoms with Gasteiger partial charge in [-0.2, -0.15) is 0 Å². The molecule has 1 aromatic heterocycles. The van der Waals surface area contributed by atoms with Crippen LogP contribution in [-0.4, -0.2) is 10.9 Å². The Morgan fingerprint density at radius 2 is 1.81 bits per heavy atom. The van der Waals surface area contributed by atoms with Crippen molar-refractivity contribution in [1.82, 2.24) is 4.98 Å². The molecule has 0 aliphatic heterocycles. The normalized spacial score (nSPS) is 11.7. The van der Waals surface area contributed by atoms with Crippen molar-refractivity contribution in [3.05, 3.63) is 107 Å². The topological polar surface area (TPSA) is 65.2 Å². The van der Waals surface area contributed by atoms with Crippen LogP contribution in [0.5, 0.6) is 0 Å². The molecule has 0 saturated heterocycles. The highest BCUT2D eigenvalue weighted by Crippen LogP contribution is 2.26. The fraction of sp³-hybridized carbons (Fsp3) is 0.120. The minimum atomic E-state index is -0.667. The van der Waals surface area contributed by atoms with Crippen molar-refractivity contribution in [2.75, 3.05) is 0 Å². The summed E-state index contributed by atoms with van der Waals surface area (Å²) in [5, 5.41) is 0. The van der Waals surface area contributed by atoms with Gasteiger partial charge in [0, 0.05) is 16.8 Å². The monoisotopic (exact) mass is 420 g/mol. The van der Waals surface area contributed by atoms with E-state index in [1.807, 2.05) is 32.1 Å². The van der Waals surface area contributed by atoms with Crippen LogP contribution in [0.4, 0.5) is 8.78 Å². The van der Waals surface area contributed by atoms with Crippen LogP contribution >= 0.6 is 0 Å². The molecular formula is C25H22F2N2O2. The van der Waals surface area contributed by atoms with Crippen LogP contribution < -0.4 is 5.73 Å². The van der Waals surface area contributed by atoms with Gasteiger partial charge in [0.1, 0.15) is 29.7 Å². The minimum absolute atomic E-state index is 0.148. The van der Waals surface area contributed by atoms with Crippen molar-refractivity contribution in [2.45, 2.75) is 20.5 Å². The van der Waals surface area contributed by atoms with Crippen LogP contribution in [-0.2, 0) is 11.3 Å². The van der Waals surface area contributed by atoms with Gasteiger partial charge in [0.05, 0.1) is 5.56 Å². The van der Waals surface area contributed by atoms with Crippen molar-refractivity contribution in [3.63, 3.8) is 0 Å². The molecule has 6 heteroatoms. The van der Waals surface area contributed by atoms with Gasteiger partial charge in [-0.25, -0.2) is 13.8 Å². The first-order valence-electron chi connectivity index (χ1n) is 9.67. The van der Waals surface area contributed by atoms with E-state index in [0.29, 0.717) is 22.7 Å². The molecule has 2 N–H and O–H groups in total. The Morgan fingerprint density at radius 3 is 2.45 bits per heavy atom. The molecule has 0 radical (unpaired) electrons. The van der Waals surface area contributed by atoms with E-state index in [9.17, 15) is 13.6 Å². The number of allylic oxidation sites excluding steroid dienone is 3. The molecule has 1 amide bonds. The second kappa shape index (κ2) is 9.80. The summed E-state index contributed by atoms with van der Waals surface area (Å²) in [5.41, 5.74) is 8.49. The molecule has 0 aliphatic carbocycles. The molecule has 0 bridgehead atoms. The van der Waals surface area contributed by atoms with E-state index >= 15 is 0 Å². The summed E-state index contributed by atoms with van der Waals surface area (Å²) in [6, 6.07) is 14.3. The molecule has 1 heterocycles. The fourth-order valence-electron chi connectivity index (χ4n) is 3.05. The van der Waals surface area contributed by atoms with Gasteiger partial charge >= 0.3 is 0 Å². The quantitative estimate of drug-likeness (QED) is 0.402. The second-order valence-corrected chi connectivity index (χ2v) is 6.82. The summed E-state index contributed by atoms with van der Waals surface area (Å²) in [6.07, 6.45) is 5.26. The molecular weight excluding hydrogens is 398 g/mol. The van der Waals surface area contributed by atoms with Gasteiger partial charge < -0.3 is 10.5 Å². The third-order valence-corrected chi connectivity index (χ3v) is 4.67. The smallest absolute Gasteiger partial charge is 0.248 e. The van der Waals surface area contributed by atoms with E-state index in [4.69, 9.17) is 10.5 Å². The lowest BCUT2D eigenvalue weighted by atomic mass is 10.0. The summed E-state index contributed by atoms with van der Waals surface area (Å²) in [6.45, 7) is 3.41. The first-order chi connectivity index (χ1) is 14.9. The highest BCUT2D eigenvalue weighted by atomic mass is 19.1. The lowest BCUT2D eigenvalue weighted by Crippen LogP contribution is -2.10. The lowest BCUT2D eigenvalue weighted by Gasteiger charge is -2.13. The highest BCUT2D eigenvalue weighted by molar-refractivity contribution is 5.94. The molecule has 31 heavy (non-hydrogen) atoms. The van der Waals surface area contributed by atoms with Crippen LogP contribution in [0.3, 0.4) is 0 Å². The molecule has 0 unspecified atom stereocenters. The van der Waals surface area contributed by atoms with Crippen LogP contribution in [0, 0.1) is 18.6 Å². The van der Waals surface area contributed by atoms with E-state index in [-0.39, 0.29) is 12.2 Å². The van der Waals surface area contributed by atoms with Crippen molar-refractivity contribution in [1.29, 1.82) is 0 Å². The number of carbonyl (C=O) groups is 1. The third-order valence-electron chi connectivity index (χ3n) is 4.67. The summed E-state index contributed by atoms with van der Waals surface area (Å²) in [5.74, 6) is -1.46. The van der Waals surface area contributed by atoms with Gasteiger partial charge in [-0.1, -0.05) is 36.4 Å². The minimum Gasteiger partial charge on any atom is -0.486 e. The van der Waals surface area contributed by atoms with E-state index < -0.39 is 17.5 Å². The molecule has 0 spiro atoms. The van der Waals surface area contributed by atoms with E-state index in [1.54, 1.807) is 36.4 Å². The maximum Gasteiger partial charge on any atom is 0.248 e. The Kier molecular flexibility index (Phi) is 6.92. The number of hydrogen-bond donors (Lipinski definition) is 1. The van der Waals surface area contributed by atoms with Gasteiger partial charge in [-0.15, -0.1) is 0 Å². The third kappa shape index (κ3) is 5.22. The van der Waals surface area contributed by atoms with Crippen LogP contribution in [0.25, 0.3) is 16.9 Å². The number of pyridine rings is 1. The standard InChI is InChI=1S/C25H22F2N2O2/c1-3-4-11-24(31-15-20-21(26)9-6-10-22(20)27)23-13-12-19(16(2)29-23)17-7-5-8-18(14-17)25(28)30/h3-14H,15H2,1-2H3,(H2,28,30)/b4-3-,24-11+. The SMILES string of the molecule is C/C=C\C=C(\OCc1c(F)cccc1F)c1ccc(-c2cccc(C(N)=O)c2)c(C)n1. The highest BCUT2D eigenvalue weighted by Gasteiger charge is 2.13. The summed E-state index contributed by atoms with van der Waals surface area (Å²) in [4.78, 5) is 16.1. The Morgan fingerprint density at radius 1 is 1.10 bits per heavy atom. The Balaban J connectivity index is 1.91. The number of ether oxygens (including phenoxy) is 1. The molecule has 0 aliphatic rings. The maximum absolute atomic E-state index is 13.9. The zero-order chi connectivity index (χ0) is 22.4. The summed E-state index contributed by atoms with van der Waals surface area (Å²) >= 11 is 0. The molecule has 3 rings (SSSR count). The predicted octanol–water partition coefficient (Wildman–Crippen LogP) is 5.57. The van der Waals surface area contributed by atoms with Gasteiger partial charge in [-0.3, -0.25) is 4.79 Å². The Labute approximate surface area is 179 Å². The number of hydrogen-bond acceptors (Lipinski definition) is 3. The Bertz CT molecular complexity index is 1150. The lowest BCUT2D eigenvalue weighted by molar-refractivity contribution is 0.100. The zero-order valence-corrected chi connectivity index (χ0v) is 17.2. The Hall–Kier alpha value is -3.80. The number of carbonyl (C=O) groups excluding carboxylic acids is 1. The number of halogens is 2. The predicted molar refractivity (Wildman–Crippen MR) is 117 cm³/mol. The number of nitrogens with two attached hydrogens (primary N) is 1. The van der Waals surface area contributed by atoms with Gasteiger partial charge in [0.2, 0.25) is 5.91 Å². The number of benzene rings is 2. The number of aryl methyl sites for hydroxylation is 1. The average Bonchev–Trinajstić information content (AvgIpc) is 2.75. The largest absolute Gasteiger partial charge is 0.486 e. The molecule has 3 aromatic rings. The number of rotatable bonds is 7. The molecule has 0 saturated carbocycles. The van der Waals surface area contributed by atoms with Crippen molar-refractivity contribution < 1.29 is 18.3 Å². The molecule has 4 nitrogen and oxygen atoms in total. The van der Waals surface area contributed by atoms with E-state index in [0.717, 1.165) is 11.1 Å². The van der Waals surface area contributed by atoms with Crippen LogP contribution in [0.15, 0.2) is 72.8 Å². The number of primary amides is 1. The number of aromatic nitrogens is 1. The van der Waals surface area contributed by atoms with Gasteiger partial charge in [-0.05, 0) is 55.8 Å². The number of nitrogens with zero attached hydrogens (tertiary/aromatic N) is 1. The maximum atomic E-state index is 13.9. The van der Waals surface area contributed by atoms with Crippen molar-refractivity contribution in [3.8, 4) is 11.1 Å². The van der Waals surface area contributed by atoms with E-state index in [1.165, 1.54) is 18.2 Å². The zero-order valence-electron chi connectivity index (χ0n) is 17.2. The fourth-order valence-corrected chi connectivity index (χ4v) is 3.05. The molecule has 0 fully saturated rings. The van der Waals surface area contributed by atoms with Crippen LogP contribution in [0.1, 0.15) is 34.2 Å². The first kappa shape index (κ1) is 21.9. The average molecular weight is 420 g/mol. The number of amides is 1. The molecule has 158 valence electrons. The van der Waals surface area contributed by atoms with Crippen molar-refractivity contribution in [2.24, 2.45) is 5.73 Å². The second-order valence-electron chi connectivity index (χ2n) is 6.82. The first-order valence-corrected chi connectivity index (χ1v) is 9.67. The summed E-state index contributed by atoms with van der Waals surface area (Å²) < 4.78 is 33.6. The van der Waals surface area contributed by atoms with Crippen molar-refractivity contribution >= 4 is 11.7 Å². The van der Waals surface area contributed by atoms with Gasteiger partial charge in [0.25, 0.3) is 0 Å². The van der Waals surface area contributed by atoms with E-state index in [2.05, 4.69) is 4.98 Å². The summed E-state index contributed by atoms with van der Waals surface area (Å²) in [7, 11) is 0. The molecule has 2 aromatic carbocycles.